The molecule has 0 rings (SSSR count). The van der Waals surface area contributed by atoms with Crippen LogP contribution in [0.15, 0.2) is 15.0 Å². The topological polar surface area (TPSA) is 88.3 Å². The monoisotopic (exact) mass is 251 g/mol. The summed E-state index contributed by atoms with van der Waals surface area (Å²) in [6.45, 7) is 2.71. The molecule has 0 saturated heterocycles. The zero-order valence-electron chi connectivity index (χ0n) is 10.5. The SMILES string of the molecule is CCC(CC(CCCN=C=O)CN=C=O)N=C=O. The minimum atomic E-state index is -0.0936. The number of carbonyl (C=O) groups excluding carboxylic acids is 3. The molecule has 2 atom stereocenters. The van der Waals surface area contributed by atoms with Crippen LogP contribution in [-0.2, 0) is 14.4 Å². The van der Waals surface area contributed by atoms with Gasteiger partial charge in [0.15, 0.2) is 0 Å². The van der Waals surface area contributed by atoms with Gasteiger partial charge in [-0.2, -0.15) is 0 Å². The van der Waals surface area contributed by atoms with Crippen LogP contribution in [0, 0.1) is 5.92 Å². The van der Waals surface area contributed by atoms with E-state index >= 15 is 0 Å². The molecule has 0 N–H and O–H groups in total. The van der Waals surface area contributed by atoms with Crippen LogP contribution in [0.2, 0.25) is 0 Å². The van der Waals surface area contributed by atoms with E-state index in [0.717, 1.165) is 19.3 Å². The molecule has 18 heavy (non-hydrogen) atoms. The van der Waals surface area contributed by atoms with E-state index in [4.69, 9.17) is 0 Å². The Labute approximate surface area is 106 Å². The van der Waals surface area contributed by atoms with Crippen molar-refractivity contribution in [3.05, 3.63) is 0 Å². The lowest BCUT2D eigenvalue weighted by atomic mass is 9.94. The van der Waals surface area contributed by atoms with Crippen molar-refractivity contribution in [2.75, 3.05) is 13.1 Å². The maximum atomic E-state index is 10.2. The zero-order valence-corrected chi connectivity index (χ0v) is 10.5. The Bertz CT molecular complexity index is 365. The lowest BCUT2D eigenvalue weighted by Gasteiger charge is -2.16. The summed E-state index contributed by atoms with van der Waals surface area (Å²) in [5.74, 6) is 0.135. The molecule has 0 aromatic rings. The highest BCUT2D eigenvalue weighted by Crippen LogP contribution is 2.17. The van der Waals surface area contributed by atoms with Gasteiger partial charge in [-0.3, -0.25) is 0 Å². The molecule has 0 bridgehead atoms. The Hall–Kier alpha value is -1.86. The minimum absolute atomic E-state index is 0.0936. The molecule has 0 spiro atoms. The first-order valence-electron chi connectivity index (χ1n) is 5.92. The molecule has 98 valence electrons. The highest BCUT2D eigenvalue weighted by atomic mass is 16.1. The number of aliphatic imine (C=N–C) groups is 3. The van der Waals surface area contributed by atoms with Crippen molar-refractivity contribution in [1.82, 2.24) is 0 Å². The Morgan fingerprint density at radius 3 is 2.33 bits per heavy atom. The van der Waals surface area contributed by atoms with Crippen LogP contribution in [0.3, 0.4) is 0 Å². The Morgan fingerprint density at radius 2 is 1.78 bits per heavy atom. The average molecular weight is 251 g/mol. The third kappa shape index (κ3) is 8.31. The van der Waals surface area contributed by atoms with E-state index in [1.807, 2.05) is 6.92 Å². The van der Waals surface area contributed by atoms with Gasteiger partial charge in [0.1, 0.15) is 0 Å². The number of hydrogen-bond acceptors (Lipinski definition) is 6. The van der Waals surface area contributed by atoms with Crippen molar-refractivity contribution in [3.63, 3.8) is 0 Å². The first-order valence-corrected chi connectivity index (χ1v) is 5.92. The van der Waals surface area contributed by atoms with Crippen LogP contribution >= 0.6 is 0 Å². The number of isocyanates is 3. The van der Waals surface area contributed by atoms with Gasteiger partial charge in [-0.15, -0.1) is 0 Å². The maximum Gasteiger partial charge on any atom is 0.235 e. The van der Waals surface area contributed by atoms with Gasteiger partial charge < -0.3 is 0 Å². The second-order valence-corrected chi connectivity index (χ2v) is 3.93. The number of rotatable bonds is 10. The lowest BCUT2D eigenvalue weighted by molar-refractivity contribution is 0.401. The van der Waals surface area contributed by atoms with Crippen LogP contribution in [0.1, 0.15) is 32.6 Å². The Morgan fingerprint density at radius 1 is 1.06 bits per heavy atom. The van der Waals surface area contributed by atoms with Crippen molar-refractivity contribution >= 4 is 18.2 Å². The Balaban J connectivity index is 4.31. The molecule has 0 saturated carbocycles. The van der Waals surface area contributed by atoms with Crippen molar-refractivity contribution in [2.24, 2.45) is 20.9 Å². The standard InChI is InChI=1S/C12H17N3O3/c1-2-12(15-10-18)6-11(7-14-9-17)4-3-5-13-8-16/h11-12H,2-7H2,1H3. The van der Waals surface area contributed by atoms with Crippen LogP contribution in [0.25, 0.3) is 0 Å². The van der Waals surface area contributed by atoms with Gasteiger partial charge in [-0.05, 0) is 31.6 Å². The summed E-state index contributed by atoms with van der Waals surface area (Å²) in [5, 5.41) is 0. The van der Waals surface area contributed by atoms with E-state index in [0.29, 0.717) is 19.5 Å². The van der Waals surface area contributed by atoms with Crippen molar-refractivity contribution in [3.8, 4) is 0 Å². The summed E-state index contributed by atoms with van der Waals surface area (Å²) in [6.07, 6.45) is 7.42. The summed E-state index contributed by atoms with van der Waals surface area (Å²) in [5.41, 5.74) is 0. The fourth-order valence-corrected chi connectivity index (χ4v) is 1.72. The first kappa shape index (κ1) is 16.1. The van der Waals surface area contributed by atoms with E-state index in [2.05, 4.69) is 15.0 Å². The van der Waals surface area contributed by atoms with E-state index in [-0.39, 0.29) is 12.0 Å². The normalized spacial score (nSPS) is 12.5. The smallest absolute Gasteiger partial charge is 0.211 e. The van der Waals surface area contributed by atoms with E-state index in [1.165, 1.54) is 12.2 Å². The van der Waals surface area contributed by atoms with Gasteiger partial charge in [0.2, 0.25) is 18.2 Å². The molecule has 0 aliphatic heterocycles. The van der Waals surface area contributed by atoms with Crippen LogP contribution in [0.4, 0.5) is 0 Å². The molecule has 6 heteroatoms. The predicted molar refractivity (Wildman–Crippen MR) is 65.5 cm³/mol. The zero-order chi connectivity index (χ0) is 13.6. The van der Waals surface area contributed by atoms with Gasteiger partial charge in [0, 0.05) is 0 Å². The minimum Gasteiger partial charge on any atom is -0.211 e. The third-order valence-corrected chi connectivity index (χ3v) is 2.67. The van der Waals surface area contributed by atoms with Crippen LogP contribution in [0.5, 0.6) is 0 Å². The second-order valence-electron chi connectivity index (χ2n) is 3.93. The number of hydrogen-bond donors (Lipinski definition) is 0. The molecule has 0 radical (unpaired) electrons. The van der Waals surface area contributed by atoms with Crippen molar-refractivity contribution in [2.45, 2.75) is 38.6 Å². The highest BCUT2D eigenvalue weighted by molar-refractivity contribution is 5.34. The van der Waals surface area contributed by atoms with E-state index in [9.17, 15) is 14.4 Å². The van der Waals surface area contributed by atoms with Crippen molar-refractivity contribution < 1.29 is 14.4 Å². The van der Waals surface area contributed by atoms with Gasteiger partial charge >= 0.3 is 0 Å². The molecule has 2 unspecified atom stereocenters. The van der Waals surface area contributed by atoms with Crippen molar-refractivity contribution in [1.29, 1.82) is 0 Å². The van der Waals surface area contributed by atoms with Gasteiger partial charge in [-0.25, -0.2) is 29.4 Å². The van der Waals surface area contributed by atoms with Crippen LogP contribution in [-0.4, -0.2) is 37.4 Å². The lowest BCUT2D eigenvalue weighted by Crippen LogP contribution is -2.14. The summed E-state index contributed by atoms with van der Waals surface area (Å²) >= 11 is 0. The fourth-order valence-electron chi connectivity index (χ4n) is 1.72. The summed E-state index contributed by atoms with van der Waals surface area (Å²) in [6, 6.07) is -0.0936. The number of nitrogens with zero attached hydrogens (tertiary/aromatic N) is 3. The first-order chi connectivity index (χ1) is 8.78. The highest BCUT2D eigenvalue weighted by Gasteiger charge is 2.14. The molecule has 0 heterocycles. The predicted octanol–water partition coefficient (Wildman–Crippen LogP) is 1.56. The molecule has 0 aliphatic carbocycles. The van der Waals surface area contributed by atoms with Gasteiger partial charge in [0.05, 0.1) is 19.1 Å². The third-order valence-electron chi connectivity index (χ3n) is 2.67. The summed E-state index contributed by atoms with van der Waals surface area (Å²) < 4.78 is 0. The largest absolute Gasteiger partial charge is 0.235 e. The van der Waals surface area contributed by atoms with E-state index in [1.54, 1.807) is 6.08 Å². The fraction of sp³-hybridized carbons (Fsp3) is 0.750. The molecular weight excluding hydrogens is 234 g/mol. The second kappa shape index (κ2) is 11.6. The molecule has 0 aromatic carbocycles. The van der Waals surface area contributed by atoms with Crippen LogP contribution < -0.4 is 0 Å². The average Bonchev–Trinajstić information content (AvgIpc) is 2.39. The molecule has 0 amide bonds. The molecular formula is C12H17N3O3. The maximum absolute atomic E-state index is 10.2. The Kier molecular flexibility index (Phi) is 10.4. The van der Waals surface area contributed by atoms with E-state index < -0.39 is 0 Å². The molecule has 0 fully saturated rings. The molecule has 6 nitrogen and oxygen atoms in total. The van der Waals surface area contributed by atoms with Gasteiger partial charge in [0.25, 0.3) is 0 Å². The molecule has 0 aromatic heterocycles. The summed E-state index contributed by atoms with van der Waals surface area (Å²) in [7, 11) is 0. The quantitative estimate of drug-likeness (QED) is 0.335. The summed E-state index contributed by atoms with van der Waals surface area (Å²) in [4.78, 5) is 41.0. The molecule has 0 aliphatic rings. The van der Waals surface area contributed by atoms with Gasteiger partial charge in [-0.1, -0.05) is 6.92 Å².